The van der Waals surface area contributed by atoms with Crippen molar-refractivity contribution in [3.8, 4) is 0 Å². The van der Waals surface area contributed by atoms with Gasteiger partial charge in [0.15, 0.2) is 0 Å². The Morgan fingerprint density at radius 1 is 1.60 bits per heavy atom. The number of H-pyrrole nitrogens is 1. The largest absolute Gasteiger partial charge is 0.481 e. The molecule has 5 nitrogen and oxygen atoms in total. The van der Waals surface area contributed by atoms with Gasteiger partial charge in [0, 0.05) is 24.6 Å². The van der Waals surface area contributed by atoms with E-state index in [-0.39, 0.29) is 12.0 Å². The summed E-state index contributed by atoms with van der Waals surface area (Å²) >= 11 is 0. The van der Waals surface area contributed by atoms with Gasteiger partial charge in [-0.05, 0) is 12.8 Å². The van der Waals surface area contributed by atoms with Crippen molar-refractivity contribution in [2.24, 2.45) is 0 Å². The summed E-state index contributed by atoms with van der Waals surface area (Å²) in [6.07, 6.45) is 1.79. The average Bonchev–Trinajstić information content (AvgIpc) is 2.16. The van der Waals surface area contributed by atoms with Crippen LogP contribution in [0.5, 0.6) is 0 Å². The molecule has 0 unspecified atom stereocenters. The zero-order valence-corrected chi connectivity index (χ0v) is 8.62. The third-order valence-electron chi connectivity index (χ3n) is 2.01. The summed E-state index contributed by atoms with van der Waals surface area (Å²) < 4.78 is 0. The summed E-state index contributed by atoms with van der Waals surface area (Å²) in [6.45, 7) is 1.92. The maximum absolute atomic E-state index is 11.2. The molecule has 0 spiro atoms. The summed E-state index contributed by atoms with van der Waals surface area (Å²) in [6, 6.07) is 1.46. The van der Waals surface area contributed by atoms with E-state index in [1.165, 1.54) is 6.07 Å². The Kier molecular flexibility index (Phi) is 4.03. The fourth-order valence-electron chi connectivity index (χ4n) is 1.27. The molecule has 82 valence electrons. The first kappa shape index (κ1) is 11.4. The van der Waals surface area contributed by atoms with Crippen LogP contribution in [0.3, 0.4) is 0 Å². The van der Waals surface area contributed by atoms with Gasteiger partial charge in [-0.1, -0.05) is 6.92 Å². The van der Waals surface area contributed by atoms with Crippen molar-refractivity contribution in [1.29, 1.82) is 0 Å². The molecule has 1 rings (SSSR count). The first-order chi connectivity index (χ1) is 7.11. The van der Waals surface area contributed by atoms with Crippen LogP contribution in [0.15, 0.2) is 10.9 Å². The summed E-state index contributed by atoms with van der Waals surface area (Å²) in [5, 5.41) is 8.45. The van der Waals surface area contributed by atoms with E-state index in [0.717, 1.165) is 5.69 Å². The van der Waals surface area contributed by atoms with Crippen LogP contribution >= 0.6 is 0 Å². The molecule has 5 heteroatoms. The lowest BCUT2D eigenvalue weighted by atomic mass is 10.2. The Labute approximate surface area is 87.2 Å². The standard InChI is InChI=1S/C10H14N2O3/c1-2-7-6-9(13)12-8(11-7)4-3-5-10(14)15/h6H,2-5H2,1H3,(H,14,15)(H,11,12,13). The molecule has 0 saturated carbocycles. The monoisotopic (exact) mass is 210 g/mol. The Hall–Kier alpha value is -1.65. The van der Waals surface area contributed by atoms with Crippen molar-refractivity contribution in [3.63, 3.8) is 0 Å². The number of aryl methyl sites for hydroxylation is 2. The van der Waals surface area contributed by atoms with E-state index in [0.29, 0.717) is 25.1 Å². The van der Waals surface area contributed by atoms with E-state index in [9.17, 15) is 9.59 Å². The number of aromatic nitrogens is 2. The molecule has 0 saturated heterocycles. The minimum atomic E-state index is -0.830. The highest BCUT2D eigenvalue weighted by molar-refractivity contribution is 5.66. The summed E-state index contributed by atoms with van der Waals surface area (Å²) in [5.41, 5.74) is 0.566. The van der Waals surface area contributed by atoms with Crippen molar-refractivity contribution in [2.45, 2.75) is 32.6 Å². The highest BCUT2D eigenvalue weighted by atomic mass is 16.4. The Balaban J connectivity index is 2.64. The van der Waals surface area contributed by atoms with Gasteiger partial charge in [-0.2, -0.15) is 0 Å². The molecule has 0 aliphatic carbocycles. The predicted octanol–water partition coefficient (Wildman–Crippen LogP) is 0.740. The number of hydrogen-bond acceptors (Lipinski definition) is 3. The van der Waals surface area contributed by atoms with Crippen LogP contribution in [0.4, 0.5) is 0 Å². The van der Waals surface area contributed by atoms with E-state index in [1.54, 1.807) is 0 Å². The van der Waals surface area contributed by atoms with Crippen LogP contribution in [-0.4, -0.2) is 21.0 Å². The highest BCUT2D eigenvalue weighted by Crippen LogP contribution is 1.99. The molecule has 1 aromatic rings. The Morgan fingerprint density at radius 3 is 2.93 bits per heavy atom. The maximum Gasteiger partial charge on any atom is 0.303 e. The van der Waals surface area contributed by atoms with Crippen LogP contribution in [0.2, 0.25) is 0 Å². The van der Waals surface area contributed by atoms with Gasteiger partial charge in [-0.15, -0.1) is 0 Å². The number of carboxylic acid groups (broad SMARTS) is 1. The van der Waals surface area contributed by atoms with Crippen molar-refractivity contribution >= 4 is 5.97 Å². The normalized spacial score (nSPS) is 10.2. The Morgan fingerprint density at radius 2 is 2.33 bits per heavy atom. The van der Waals surface area contributed by atoms with Crippen LogP contribution in [0, 0.1) is 0 Å². The number of nitrogens with one attached hydrogen (secondary N) is 1. The zero-order valence-electron chi connectivity index (χ0n) is 8.62. The van der Waals surface area contributed by atoms with E-state index < -0.39 is 5.97 Å². The molecule has 0 radical (unpaired) electrons. The van der Waals surface area contributed by atoms with Gasteiger partial charge in [-0.25, -0.2) is 4.98 Å². The van der Waals surface area contributed by atoms with Crippen molar-refractivity contribution in [2.75, 3.05) is 0 Å². The molecule has 0 fully saturated rings. The summed E-state index contributed by atoms with van der Waals surface area (Å²) in [4.78, 5) is 28.2. The van der Waals surface area contributed by atoms with E-state index in [2.05, 4.69) is 9.97 Å². The molecule has 0 aliphatic heterocycles. The van der Waals surface area contributed by atoms with E-state index >= 15 is 0 Å². The lowest BCUT2D eigenvalue weighted by Crippen LogP contribution is -2.12. The first-order valence-corrected chi connectivity index (χ1v) is 4.92. The van der Waals surface area contributed by atoms with Gasteiger partial charge in [0.25, 0.3) is 5.56 Å². The third kappa shape index (κ3) is 3.93. The quantitative estimate of drug-likeness (QED) is 0.750. The number of carbonyl (C=O) groups is 1. The van der Waals surface area contributed by atoms with Crippen LogP contribution in [0.1, 0.15) is 31.3 Å². The van der Waals surface area contributed by atoms with Crippen LogP contribution < -0.4 is 5.56 Å². The molecule has 15 heavy (non-hydrogen) atoms. The maximum atomic E-state index is 11.2. The van der Waals surface area contributed by atoms with Gasteiger partial charge in [0.05, 0.1) is 0 Å². The topological polar surface area (TPSA) is 83.0 Å². The zero-order chi connectivity index (χ0) is 11.3. The second-order valence-corrected chi connectivity index (χ2v) is 3.28. The predicted molar refractivity (Wildman–Crippen MR) is 54.8 cm³/mol. The summed E-state index contributed by atoms with van der Waals surface area (Å²) in [5.74, 6) is -0.260. The van der Waals surface area contributed by atoms with Gasteiger partial charge in [0.1, 0.15) is 5.82 Å². The van der Waals surface area contributed by atoms with Crippen LogP contribution in [0.25, 0.3) is 0 Å². The molecule has 0 amide bonds. The highest BCUT2D eigenvalue weighted by Gasteiger charge is 2.02. The number of aliphatic carboxylic acids is 1. The minimum absolute atomic E-state index is 0.0973. The van der Waals surface area contributed by atoms with Gasteiger partial charge < -0.3 is 10.1 Å². The number of nitrogens with zero attached hydrogens (tertiary/aromatic N) is 1. The van der Waals surface area contributed by atoms with Gasteiger partial charge >= 0.3 is 5.97 Å². The molecule has 0 aliphatic rings. The van der Waals surface area contributed by atoms with E-state index in [4.69, 9.17) is 5.11 Å². The van der Waals surface area contributed by atoms with Gasteiger partial charge in [0.2, 0.25) is 0 Å². The first-order valence-electron chi connectivity index (χ1n) is 4.92. The molecule has 2 N–H and O–H groups in total. The van der Waals surface area contributed by atoms with Crippen molar-refractivity contribution in [3.05, 3.63) is 27.9 Å². The van der Waals surface area contributed by atoms with Gasteiger partial charge in [-0.3, -0.25) is 9.59 Å². The fraction of sp³-hybridized carbons (Fsp3) is 0.500. The minimum Gasteiger partial charge on any atom is -0.481 e. The number of hydrogen-bond donors (Lipinski definition) is 2. The third-order valence-corrected chi connectivity index (χ3v) is 2.01. The number of rotatable bonds is 5. The second-order valence-electron chi connectivity index (χ2n) is 3.28. The smallest absolute Gasteiger partial charge is 0.303 e. The molecular weight excluding hydrogens is 196 g/mol. The van der Waals surface area contributed by atoms with Crippen molar-refractivity contribution < 1.29 is 9.90 Å². The SMILES string of the molecule is CCc1cc(=O)[nH]c(CCCC(=O)O)n1. The molecule has 1 aromatic heterocycles. The molecular formula is C10H14N2O3. The Bertz CT molecular complexity index is 398. The molecule has 1 heterocycles. The molecule has 0 atom stereocenters. The van der Waals surface area contributed by atoms with Crippen molar-refractivity contribution in [1.82, 2.24) is 9.97 Å². The lowest BCUT2D eigenvalue weighted by molar-refractivity contribution is -0.137. The number of carboxylic acids is 1. The van der Waals surface area contributed by atoms with E-state index in [1.807, 2.05) is 6.92 Å². The fourth-order valence-corrected chi connectivity index (χ4v) is 1.27. The average molecular weight is 210 g/mol. The summed E-state index contributed by atoms with van der Waals surface area (Å²) in [7, 11) is 0. The lowest BCUT2D eigenvalue weighted by Gasteiger charge is -2.01. The second kappa shape index (κ2) is 5.29. The number of aromatic amines is 1. The van der Waals surface area contributed by atoms with Crippen LogP contribution in [-0.2, 0) is 17.6 Å². The molecule has 0 aromatic carbocycles. The molecule has 0 bridgehead atoms.